The third-order valence-corrected chi connectivity index (χ3v) is 8.63. The van der Waals surface area contributed by atoms with Crippen molar-refractivity contribution in [1.82, 2.24) is 15.3 Å². The molecule has 0 radical (unpaired) electrons. The van der Waals surface area contributed by atoms with E-state index in [1.165, 1.54) is 44.9 Å². The lowest BCUT2D eigenvalue weighted by molar-refractivity contribution is -0.119. The number of nitrogens with one attached hydrogen (secondary N) is 2. The van der Waals surface area contributed by atoms with Crippen LogP contribution in [0.25, 0.3) is 0 Å². The first kappa shape index (κ1) is 16.8. The van der Waals surface area contributed by atoms with Crippen molar-refractivity contribution in [2.45, 2.75) is 68.1 Å². The van der Waals surface area contributed by atoms with Crippen LogP contribution in [-0.4, -0.2) is 32.4 Å². The highest BCUT2D eigenvalue weighted by atomic mass is 32.2. The van der Waals surface area contributed by atoms with Gasteiger partial charge < -0.3 is 10.3 Å². The quantitative estimate of drug-likeness (QED) is 0.832. The van der Waals surface area contributed by atoms with E-state index in [2.05, 4.69) is 15.3 Å². The average Bonchev–Trinajstić information content (AvgIpc) is 2.55. The molecule has 5 fully saturated rings. The summed E-state index contributed by atoms with van der Waals surface area (Å²) in [5.74, 6) is 3.91. The molecule has 4 bridgehead atoms. The third-order valence-electron chi connectivity index (χ3n) is 7.11. The molecule has 6 heteroatoms. The summed E-state index contributed by atoms with van der Waals surface area (Å²) in [7, 11) is 0. The van der Waals surface area contributed by atoms with Gasteiger partial charge in [0.25, 0.3) is 5.56 Å². The second-order valence-corrected chi connectivity index (χ2v) is 10.6. The summed E-state index contributed by atoms with van der Waals surface area (Å²) < 4.78 is 0.406. The molecule has 0 aliphatic heterocycles. The van der Waals surface area contributed by atoms with Gasteiger partial charge in [0.15, 0.2) is 0 Å². The van der Waals surface area contributed by atoms with Gasteiger partial charge in [0.05, 0.1) is 17.8 Å². The molecule has 1 heterocycles. The molecule has 2 N–H and O–H groups in total. The molecule has 0 unspecified atom stereocenters. The van der Waals surface area contributed by atoms with E-state index < -0.39 is 0 Å². The van der Waals surface area contributed by atoms with Crippen LogP contribution in [0.1, 0.15) is 63.0 Å². The molecule has 0 aromatic carbocycles. The Kier molecular flexibility index (Phi) is 4.14. The Balaban J connectivity index is 1.10. The topological polar surface area (TPSA) is 74.8 Å². The Morgan fingerprint density at radius 3 is 2.42 bits per heavy atom. The summed E-state index contributed by atoms with van der Waals surface area (Å²) in [6, 6.07) is 1.82. The van der Waals surface area contributed by atoms with E-state index in [4.69, 9.17) is 0 Å². The number of H-pyrrole nitrogens is 1. The Bertz CT molecular complexity index is 720. The van der Waals surface area contributed by atoms with Crippen molar-refractivity contribution in [1.29, 1.82) is 0 Å². The number of thioether (sulfide) groups is 1. The Morgan fingerprint density at radius 1 is 1.15 bits per heavy atom. The molecule has 1 aromatic heterocycles. The normalized spacial score (nSPS) is 40.2. The lowest BCUT2D eigenvalue weighted by atomic mass is 9.56. The Hall–Kier alpha value is -1.30. The van der Waals surface area contributed by atoms with E-state index in [9.17, 15) is 9.59 Å². The molecule has 6 rings (SSSR count). The molecule has 5 aliphatic carbocycles. The fourth-order valence-corrected chi connectivity index (χ4v) is 7.86. The molecular formula is C20H27N3O2S. The van der Waals surface area contributed by atoms with Crippen LogP contribution in [0.15, 0.2) is 17.2 Å². The van der Waals surface area contributed by atoms with Gasteiger partial charge in [-0.3, -0.25) is 9.59 Å². The molecule has 5 saturated carbocycles. The van der Waals surface area contributed by atoms with Crippen molar-refractivity contribution >= 4 is 17.7 Å². The van der Waals surface area contributed by atoms with Gasteiger partial charge in [-0.1, -0.05) is 0 Å². The number of hydrogen-bond donors (Lipinski definition) is 2. The number of aromatic nitrogens is 2. The van der Waals surface area contributed by atoms with Gasteiger partial charge in [-0.25, -0.2) is 4.98 Å². The smallest absolute Gasteiger partial charge is 0.250 e. The molecular weight excluding hydrogens is 346 g/mol. The minimum absolute atomic E-state index is 0.102. The third kappa shape index (κ3) is 3.21. The molecule has 26 heavy (non-hydrogen) atoms. The number of rotatable bonds is 5. The molecule has 5 nitrogen and oxygen atoms in total. The highest BCUT2D eigenvalue weighted by molar-refractivity contribution is 8.01. The van der Waals surface area contributed by atoms with E-state index in [1.54, 1.807) is 6.07 Å². The molecule has 140 valence electrons. The molecule has 5 aliphatic rings. The Labute approximate surface area is 158 Å². The number of aromatic amines is 1. The first-order chi connectivity index (χ1) is 12.6. The van der Waals surface area contributed by atoms with Crippen molar-refractivity contribution in [2.24, 2.45) is 17.8 Å². The highest BCUT2D eigenvalue weighted by Crippen LogP contribution is 2.60. The predicted molar refractivity (Wildman–Crippen MR) is 102 cm³/mol. The SMILES string of the molecule is O=C(CSC12CC3CC(CC(C3)C1)C2)NC1CC(c2cc(=O)[nH]cn2)C1. The molecule has 0 atom stereocenters. The second kappa shape index (κ2) is 6.39. The van der Waals surface area contributed by atoms with Crippen molar-refractivity contribution < 1.29 is 4.79 Å². The number of amides is 1. The zero-order valence-corrected chi connectivity index (χ0v) is 15.9. The van der Waals surface area contributed by atoms with Crippen LogP contribution >= 0.6 is 11.8 Å². The van der Waals surface area contributed by atoms with Crippen molar-refractivity contribution in [3.05, 3.63) is 28.4 Å². The van der Waals surface area contributed by atoms with Gasteiger partial charge in [0.2, 0.25) is 5.91 Å². The molecule has 0 saturated heterocycles. The van der Waals surface area contributed by atoms with Crippen molar-refractivity contribution in [2.75, 3.05) is 5.75 Å². The highest BCUT2D eigenvalue weighted by Gasteiger charge is 2.51. The van der Waals surface area contributed by atoms with E-state index in [-0.39, 0.29) is 17.5 Å². The first-order valence-corrected chi connectivity index (χ1v) is 11.0. The first-order valence-electron chi connectivity index (χ1n) is 10.0. The monoisotopic (exact) mass is 373 g/mol. The van der Waals surface area contributed by atoms with Crippen LogP contribution in [0, 0.1) is 17.8 Å². The van der Waals surface area contributed by atoms with Gasteiger partial charge in [0, 0.05) is 22.8 Å². The van der Waals surface area contributed by atoms with Gasteiger partial charge >= 0.3 is 0 Å². The van der Waals surface area contributed by atoms with E-state index in [1.807, 2.05) is 11.8 Å². The van der Waals surface area contributed by atoms with E-state index in [0.717, 1.165) is 36.3 Å². The van der Waals surface area contributed by atoms with E-state index in [0.29, 0.717) is 16.4 Å². The summed E-state index contributed by atoms with van der Waals surface area (Å²) >= 11 is 1.95. The largest absolute Gasteiger partial charge is 0.353 e. The molecule has 1 aromatic rings. The van der Waals surface area contributed by atoms with Gasteiger partial charge in [-0.2, -0.15) is 0 Å². The lowest BCUT2D eigenvalue weighted by Gasteiger charge is -2.56. The van der Waals surface area contributed by atoms with Crippen molar-refractivity contribution in [3.8, 4) is 0 Å². The standard InChI is InChI=1S/C20H27N3O2S/c24-18-6-17(21-11-22-18)15-4-16(5-15)23-19(25)10-26-20-7-12-1-13(8-20)3-14(2-12)9-20/h6,11-16H,1-5,7-10H2,(H,23,25)(H,21,22,24). The van der Waals surface area contributed by atoms with Gasteiger partial charge in [-0.05, 0) is 69.1 Å². The van der Waals surface area contributed by atoms with Crippen molar-refractivity contribution in [3.63, 3.8) is 0 Å². The van der Waals surface area contributed by atoms with Crippen LogP contribution in [0.3, 0.4) is 0 Å². The molecule has 1 amide bonds. The zero-order valence-electron chi connectivity index (χ0n) is 15.1. The average molecular weight is 374 g/mol. The summed E-state index contributed by atoms with van der Waals surface area (Å²) in [6.07, 6.45) is 11.6. The van der Waals surface area contributed by atoms with Crippen LogP contribution < -0.4 is 10.9 Å². The predicted octanol–water partition coefficient (Wildman–Crippen LogP) is 2.83. The number of hydrogen-bond acceptors (Lipinski definition) is 4. The van der Waals surface area contributed by atoms with E-state index >= 15 is 0 Å². The van der Waals surface area contributed by atoms with Gasteiger partial charge in [-0.15, -0.1) is 11.8 Å². The summed E-state index contributed by atoms with van der Waals surface area (Å²) in [5, 5.41) is 3.19. The number of carbonyl (C=O) groups excluding carboxylic acids is 1. The maximum Gasteiger partial charge on any atom is 0.250 e. The fourth-order valence-electron chi connectivity index (χ4n) is 6.28. The second-order valence-electron chi connectivity index (χ2n) is 9.16. The summed E-state index contributed by atoms with van der Waals surface area (Å²) in [4.78, 5) is 30.6. The van der Waals surface area contributed by atoms with Crippen LogP contribution in [0.4, 0.5) is 0 Å². The lowest BCUT2D eigenvalue weighted by Crippen LogP contribution is -2.49. The zero-order chi connectivity index (χ0) is 17.7. The molecule has 0 spiro atoms. The summed E-state index contributed by atoms with van der Waals surface area (Å²) in [5.41, 5.74) is 0.747. The maximum absolute atomic E-state index is 12.4. The minimum Gasteiger partial charge on any atom is -0.353 e. The summed E-state index contributed by atoms with van der Waals surface area (Å²) in [6.45, 7) is 0. The number of carbonyl (C=O) groups is 1. The maximum atomic E-state index is 12.4. The Morgan fingerprint density at radius 2 is 1.81 bits per heavy atom. The van der Waals surface area contributed by atoms with Crippen LogP contribution in [0.2, 0.25) is 0 Å². The minimum atomic E-state index is -0.102. The van der Waals surface area contributed by atoms with Gasteiger partial charge in [0.1, 0.15) is 0 Å². The number of nitrogens with zero attached hydrogens (tertiary/aromatic N) is 1. The fraction of sp³-hybridized carbons (Fsp3) is 0.750. The van der Waals surface area contributed by atoms with Crippen LogP contribution in [0.5, 0.6) is 0 Å². The van der Waals surface area contributed by atoms with Crippen LogP contribution in [-0.2, 0) is 4.79 Å².